The highest BCUT2D eigenvalue weighted by molar-refractivity contribution is 6.30. The van der Waals surface area contributed by atoms with Crippen molar-refractivity contribution in [3.63, 3.8) is 0 Å². The average molecular weight is 227 g/mol. The molecular weight excluding hydrogens is 215 g/mol. The Kier molecular flexibility index (Phi) is 2.35. The summed E-state index contributed by atoms with van der Waals surface area (Å²) in [6.45, 7) is 2.66. The van der Waals surface area contributed by atoms with Gasteiger partial charge in [-0.15, -0.1) is 0 Å². The van der Waals surface area contributed by atoms with E-state index in [1.165, 1.54) is 12.1 Å². The lowest BCUT2D eigenvalue weighted by Gasteiger charge is -2.21. The van der Waals surface area contributed by atoms with Crippen LogP contribution in [0.4, 0.5) is 4.39 Å². The van der Waals surface area contributed by atoms with Crippen LogP contribution in [0.1, 0.15) is 12.5 Å². The molecular formula is C11H12ClFN2. The third-order valence-corrected chi connectivity index (χ3v) is 2.87. The molecule has 2 nitrogen and oxygen atoms in total. The zero-order valence-corrected chi connectivity index (χ0v) is 9.11. The molecule has 3 N–H and O–H groups in total. The lowest BCUT2D eigenvalue weighted by atomic mass is 9.84. The minimum atomic E-state index is -0.322. The van der Waals surface area contributed by atoms with Crippen LogP contribution in [0.15, 0.2) is 30.1 Å². The van der Waals surface area contributed by atoms with Crippen LogP contribution in [0.5, 0.6) is 0 Å². The normalized spacial score (nSPS) is 24.9. The minimum absolute atomic E-state index is 0.282. The van der Waals surface area contributed by atoms with Gasteiger partial charge in [0.1, 0.15) is 5.82 Å². The van der Waals surface area contributed by atoms with E-state index in [1.807, 2.05) is 13.0 Å². The van der Waals surface area contributed by atoms with Crippen LogP contribution < -0.4 is 11.1 Å². The maximum atomic E-state index is 13.2. The van der Waals surface area contributed by atoms with Gasteiger partial charge in [0.15, 0.2) is 0 Å². The van der Waals surface area contributed by atoms with E-state index in [0.717, 1.165) is 5.56 Å². The third kappa shape index (κ3) is 1.92. The van der Waals surface area contributed by atoms with Crippen LogP contribution in [0.2, 0.25) is 5.02 Å². The second kappa shape index (κ2) is 3.42. The number of rotatable bonds is 1. The molecule has 0 spiro atoms. The maximum Gasteiger partial charge on any atom is 0.124 e. The van der Waals surface area contributed by atoms with Gasteiger partial charge < -0.3 is 11.1 Å². The molecule has 0 saturated carbocycles. The second-order valence-electron chi connectivity index (χ2n) is 4.03. The fourth-order valence-electron chi connectivity index (χ4n) is 1.80. The van der Waals surface area contributed by atoms with Gasteiger partial charge in [0, 0.05) is 17.0 Å². The van der Waals surface area contributed by atoms with Crippen LogP contribution in [0.25, 0.3) is 0 Å². The molecule has 0 saturated heterocycles. The number of nitrogens with one attached hydrogen (secondary N) is 1. The molecule has 0 aromatic heterocycles. The van der Waals surface area contributed by atoms with Crippen molar-refractivity contribution in [2.75, 3.05) is 6.54 Å². The first-order valence-corrected chi connectivity index (χ1v) is 5.06. The molecule has 0 unspecified atom stereocenters. The summed E-state index contributed by atoms with van der Waals surface area (Å²) in [6, 6.07) is 4.55. The summed E-state index contributed by atoms with van der Waals surface area (Å²) in [7, 11) is 0. The SMILES string of the molecule is C[C@@]1(c2cc(F)cc(Cl)c2)C=C(N)NC1. The number of halogens is 2. The fraction of sp³-hybridized carbons (Fsp3) is 0.273. The number of hydrogen-bond acceptors (Lipinski definition) is 2. The first kappa shape index (κ1) is 10.3. The van der Waals surface area contributed by atoms with E-state index >= 15 is 0 Å². The van der Waals surface area contributed by atoms with Crippen LogP contribution in [-0.2, 0) is 5.41 Å². The molecule has 1 aliphatic rings. The highest BCUT2D eigenvalue weighted by Crippen LogP contribution is 2.31. The van der Waals surface area contributed by atoms with E-state index in [9.17, 15) is 4.39 Å². The first-order chi connectivity index (χ1) is 6.99. The van der Waals surface area contributed by atoms with Gasteiger partial charge in [-0.2, -0.15) is 0 Å². The molecule has 1 aromatic carbocycles. The predicted octanol–water partition coefficient (Wildman–Crippen LogP) is 2.14. The van der Waals surface area contributed by atoms with Crippen molar-refractivity contribution in [3.05, 3.63) is 46.5 Å². The molecule has 80 valence electrons. The van der Waals surface area contributed by atoms with Gasteiger partial charge in [-0.05, 0) is 29.8 Å². The Labute approximate surface area is 92.9 Å². The molecule has 1 aromatic rings. The lowest BCUT2D eigenvalue weighted by molar-refractivity contribution is 0.582. The molecule has 4 heteroatoms. The molecule has 0 aliphatic carbocycles. The molecule has 1 aliphatic heterocycles. The Morgan fingerprint density at radius 2 is 2.20 bits per heavy atom. The van der Waals surface area contributed by atoms with E-state index in [1.54, 1.807) is 6.07 Å². The lowest BCUT2D eigenvalue weighted by Crippen LogP contribution is -2.26. The summed E-state index contributed by atoms with van der Waals surface area (Å²) in [5.41, 5.74) is 6.20. The Morgan fingerprint density at radius 3 is 2.73 bits per heavy atom. The quantitative estimate of drug-likeness (QED) is 0.770. The van der Waals surface area contributed by atoms with Crippen LogP contribution in [0, 0.1) is 5.82 Å². The van der Waals surface area contributed by atoms with Crippen molar-refractivity contribution in [1.82, 2.24) is 5.32 Å². The van der Waals surface area contributed by atoms with Crippen LogP contribution in [0.3, 0.4) is 0 Å². The minimum Gasteiger partial charge on any atom is -0.386 e. The Morgan fingerprint density at radius 1 is 1.47 bits per heavy atom. The zero-order chi connectivity index (χ0) is 11.1. The Balaban J connectivity index is 2.45. The van der Waals surface area contributed by atoms with Gasteiger partial charge in [0.2, 0.25) is 0 Å². The topological polar surface area (TPSA) is 38.0 Å². The molecule has 0 radical (unpaired) electrons. The predicted molar refractivity (Wildman–Crippen MR) is 59.0 cm³/mol. The Bertz CT molecular complexity index is 410. The van der Waals surface area contributed by atoms with Crippen LogP contribution in [-0.4, -0.2) is 6.54 Å². The second-order valence-corrected chi connectivity index (χ2v) is 4.47. The van der Waals surface area contributed by atoms with Crippen molar-refractivity contribution in [2.45, 2.75) is 12.3 Å². The van der Waals surface area contributed by atoms with Crippen molar-refractivity contribution in [1.29, 1.82) is 0 Å². The third-order valence-electron chi connectivity index (χ3n) is 2.66. The fourth-order valence-corrected chi connectivity index (χ4v) is 2.02. The van der Waals surface area contributed by atoms with E-state index < -0.39 is 0 Å². The summed E-state index contributed by atoms with van der Waals surface area (Å²) in [5, 5.41) is 3.43. The van der Waals surface area contributed by atoms with Crippen molar-refractivity contribution < 1.29 is 4.39 Å². The van der Waals surface area contributed by atoms with Gasteiger partial charge in [0.25, 0.3) is 0 Å². The van der Waals surface area contributed by atoms with E-state index in [0.29, 0.717) is 17.4 Å². The largest absolute Gasteiger partial charge is 0.386 e. The summed E-state index contributed by atoms with van der Waals surface area (Å²) < 4.78 is 13.2. The molecule has 1 atom stereocenters. The van der Waals surface area contributed by atoms with E-state index in [-0.39, 0.29) is 11.2 Å². The summed E-state index contributed by atoms with van der Waals surface area (Å²) in [4.78, 5) is 0. The highest BCUT2D eigenvalue weighted by atomic mass is 35.5. The first-order valence-electron chi connectivity index (χ1n) is 4.68. The molecule has 15 heavy (non-hydrogen) atoms. The smallest absolute Gasteiger partial charge is 0.124 e. The average Bonchev–Trinajstić information content (AvgIpc) is 2.46. The van der Waals surface area contributed by atoms with Gasteiger partial charge in [0.05, 0.1) is 5.82 Å². The molecule has 1 heterocycles. The Hall–Kier alpha value is -1.22. The standard InChI is InChI=1S/C11H12ClFN2/c1-11(5-10(14)15-6-11)7-2-8(12)4-9(13)3-7/h2-5,15H,6,14H2,1H3/t11-/m1/s1. The van der Waals surface area contributed by atoms with Crippen LogP contribution >= 0.6 is 11.6 Å². The molecule has 0 bridgehead atoms. The maximum absolute atomic E-state index is 13.2. The summed E-state index contributed by atoms with van der Waals surface area (Å²) in [6.07, 6.45) is 1.89. The van der Waals surface area contributed by atoms with Crippen molar-refractivity contribution in [3.8, 4) is 0 Å². The molecule has 0 amide bonds. The van der Waals surface area contributed by atoms with E-state index in [2.05, 4.69) is 5.32 Å². The van der Waals surface area contributed by atoms with Gasteiger partial charge in [-0.25, -0.2) is 4.39 Å². The monoisotopic (exact) mass is 226 g/mol. The number of benzene rings is 1. The summed E-state index contributed by atoms with van der Waals surface area (Å²) in [5.74, 6) is 0.301. The number of hydrogen-bond donors (Lipinski definition) is 2. The van der Waals surface area contributed by atoms with E-state index in [4.69, 9.17) is 17.3 Å². The highest BCUT2D eigenvalue weighted by Gasteiger charge is 2.29. The van der Waals surface area contributed by atoms with Gasteiger partial charge in [-0.1, -0.05) is 18.5 Å². The zero-order valence-electron chi connectivity index (χ0n) is 8.35. The summed E-state index contributed by atoms with van der Waals surface area (Å²) >= 11 is 5.81. The van der Waals surface area contributed by atoms with Crippen molar-refractivity contribution >= 4 is 11.6 Å². The number of nitrogens with two attached hydrogens (primary N) is 1. The molecule has 2 rings (SSSR count). The van der Waals surface area contributed by atoms with Gasteiger partial charge in [-0.3, -0.25) is 0 Å². The van der Waals surface area contributed by atoms with Crippen molar-refractivity contribution in [2.24, 2.45) is 5.73 Å². The molecule has 0 fully saturated rings. The van der Waals surface area contributed by atoms with Gasteiger partial charge >= 0.3 is 0 Å².